The van der Waals surface area contributed by atoms with Crippen molar-refractivity contribution in [1.82, 2.24) is 4.57 Å². The lowest BCUT2D eigenvalue weighted by Gasteiger charge is -2.23. The molecule has 0 atom stereocenters. The SMILES string of the molecule is Cn1cc(Br)cc(C(=O)Cc2cccc(C3CCCCC3)c2C#N)c1=O. The van der Waals surface area contributed by atoms with Crippen molar-refractivity contribution in [3.8, 4) is 6.07 Å². The third-order valence-electron chi connectivity index (χ3n) is 5.14. The molecule has 1 heterocycles. The Kier molecular flexibility index (Phi) is 5.73. The van der Waals surface area contributed by atoms with Crippen LogP contribution in [0.3, 0.4) is 0 Å². The van der Waals surface area contributed by atoms with Crippen molar-refractivity contribution in [2.75, 3.05) is 0 Å². The fraction of sp³-hybridized carbons (Fsp3) is 0.381. The molecule has 0 unspecified atom stereocenters. The number of aryl methyl sites for hydroxylation is 1. The summed E-state index contributed by atoms with van der Waals surface area (Å²) in [6.45, 7) is 0. The van der Waals surface area contributed by atoms with Gasteiger partial charge < -0.3 is 4.57 Å². The van der Waals surface area contributed by atoms with E-state index in [9.17, 15) is 14.9 Å². The zero-order valence-electron chi connectivity index (χ0n) is 14.8. The van der Waals surface area contributed by atoms with E-state index in [-0.39, 0.29) is 23.3 Å². The fourth-order valence-electron chi connectivity index (χ4n) is 3.80. The first kappa shape index (κ1) is 18.6. The van der Waals surface area contributed by atoms with Crippen LogP contribution in [-0.4, -0.2) is 10.4 Å². The van der Waals surface area contributed by atoms with Crippen molar-refractivity contribution in [1.29, 1.82) is 5.26 Å². The Bertz CT molecular complexity index is 934. The van der Waals surface area contributed by atoms with E-state index in [2.05, 4.69) is 22.0 Å². The maximum atomic E-state index is 12.8. The van der Waals surface area contributed by atoms with Crippen LogP contribution in [0.2, 0.25) is 0 Å². The van der Waals surface area contributed by atoms with Gasteiger partial charge in [0.05, 0.1) is 17.2 Å². The number of ketones is 1. The molecule has 0 spiro atoms. The number of Topliss-reactive ketones (excluding diaryl/α,β-unsaturated/α-hetero) is 1. The Labute approximate surface area is 161 Å². The minimum Gasteiger partial charge on any atom is -0.317 e. The van der Waals surface area contributed by atoms with Crippen molar-refractivity contribution in [3.05, 3.63) is 67.5 Å². The number of nitriles is 1. The number of nitrogens with zero attached hydrogens (tertiary/aromatic N) is 2. The predicted molar refractivity (Wildman–Crippen MR) is 104 cm³/mol. The Morgan fingerprint density at radius 3 is 2.73 bits per heavy atom. The molecule has 2 aromatic rings. The van der Waals surface area contributed by atoms with Crippen LogP contribution < -0.4 is 5.56 Å². The van der Waals surface area contributed by atoms with Gasteiger partial charge in [-0.05, 0) is 51.9 Å². The molecular formula is C21H21BrN2O2. The molecule has 0 saturated heterocycles. The van der Waals surface area contributed by atoms with Gasteiger partial charge in [-0.25, -0.2) is 0 Å². The molecule has 0 bridgehead atoms. The Balaban J connectivity index is 1.94. The standard InChI is InChI=1S/C21H21BrN2O2/c1-24-13-16(22)11-18(21(24)26)20(25)10-15-8-5-9-17(19(15)12-23)14-6-3-2-4-7-14/h5,8-9,11,13-14H,2-4,6-7,10H2,1H3. The maximum Gasteiger partial charge on any atom is 0.261 e. The molecule has 1 aromatic carbocycles. The van der Waals surface area contributed by atoms with Crippen molar-refractivity contribution >= 4 is 21.7 Å². The highest BCUT2D eigenvalue weighted by Crippen LogP contribution is 2.35. The summed E-state index contributed by atoms with van der Waals surface area (Å²) in [6, 6.07) is 9.63. The molecule has 134 valence electrons. The molecular weight excluding hydrogens is 392 g/mol. The largest absolute Gasteiger partial charge is 0.317 e. The summed E-state index contributed by atoms with van der Waals surface area (Å²) in [5, 5.41) is 9.72. The number of hydrogen-bond acceptors (Lipinski definition) is 3. The Morgan fingerprint density at radius 2 is 2.04 bits per heavy atom. The number of carbonyl (C=O) groups is 1. The third kappa shape index (κ3) is 3.81. The summed E-state index contributed by atoms with van der Waals surface area (Å²) < 4.78 is 2.07. The molecule has 0 radical (unpaired) electrons. The van der Waals surface area contributed by atoms with Crippen LogP contribution in [-0.2, 0) is 13.5 Å². The van der Waals surface area contributed by atoms with Crippen molar-refractivity contribution in [2.24, 2.45) is 7.05 Å². The van der Waals surface area contributed by atoms with Crippen LogP contribution in [0.25, 0.3) is 0 Å². The van der Waals surface area contributed by atoms with Gasteiger partial charge in [-0.3, -0.25) is 9.59 Å². The second kappa shape index (κ2) is 8.01. The van der Waals surface area contributed by atoms with E-state index in [1.165, 1.54) is 23.8 Å². The average Bonchev–Trinajstić information content (AvgIpc) is 2.65. The van der Waals surface area contributed by atoms with Crippen LogP contribution in [0.1, 0.15) is 65.1 Å². The Morgan fingerprint density at radius 1 is 1.31 bits per heavy atom. The molecule has 26 heavy (non-hydrogen) atoms. The Hall–Kier alpha value is -2.19. The minimum absolute atomic E-state index is 0.0646. The summed E-state index contributed by atoms with van der Waals surface area (Å²) in [4.78, 5) is 25.0. The van der Waals surface area contributed by atoms with Crippen LogP contribution in [0.4, 0.5) is 0 Å². The van der Waals surface area contributed by atoms with Gasteiger partial charge in [0.1, 0.15) is 0 Å². The zero-order chi connectivity index (χ0) is 18.7. The second-order valence-corrected chi connectivity index (χ2v) is 7.83. The quantitative estimate of drug-likeness (QED) is 0.694. The lowest BCUT2D eigenvalue weighted by molar-refractivity contribution is 0.0991. The smallest absolute Gasteiger partial charge is 0.261 e. The molecule has 5 heteroatoms. The van der Waals surface area contributed by atoms with Gasteiger partial charge in [-0.1, -0.05) is 37.5 Å². The molecule has 1 fully saturated rings. The number of halogens is 1. The highest BCUT2D eigenvalue weighted by molar-refractivity contribution is 9.10. The summed E-state index contributed by atoms with van der Waals surface area (Å²) in [7, 11) is 1.62. The normalized spacial score (nSPS) is 14.8. The van der Waals surface area contributed by atoms with Crippen LogP contribution >= 0.6 is 15.9 Å². The van der Waals surface area contributed by atoms with E-state index in [1.54, 1.807) is 19.3 Å². The molecule has 1 aromatic heterocycles. The summed E-state index contributed by atoms with van der Waals surface area (Å²) in [6.07, 6.45) is 7.51. The topological polar surface area (TPSA) is 62.9 Å². The highest BCUT2D eigenvalue weighted by Gasteiger charge is 2.22. The van der Waals surface area contributed by atoms with Crippen LogP contribution in [0, 0.1) is 11.3 Å². The minimum atomic E-state index is -0.319. The first-order valence-electron chi connectivity index (χ1n) is 8.92. The van der Waals surface area contributed by atoms with E-state index in [4.69, 9.17) is 0 Å². The molecule has 4 nitrogen and oxygen atoms in total. The van der Waals surface area contributed by atoms with Gasteiger partial charge >= 0.3 is 0 Å². The van der Waals surface area contributed by atoms with E-state index >= 15 is 0 Å². The summed E-state index contributed by atoms with van der Waals surface area (Å²) in [5.74, 6) is 0.136. The van der Waals surface area contributed by atoms with Crippen molar-refractivity contribution < 1.29 is 4.79 Å². The van der Waals surface area contributed by atoms with Crippen LogP contribution in [0.5, 0.6) is 0 Å². The van der Waals surface area contributed by atoms with Gasteiger partial charge in [0.15, 0.2) is 5.78 Å². The lowest BCUT2D eigenvalue weighted by atomic mass is 9.81. The summed E-state index contributed by atoms with van der Waals surface area (Å²) in [5.41, 5.74) is 2.20. The highest BCUT2D eigenvalue weighted by atomic mass is 79.9. The van der Waals surface area contributed by atoms with E-state index < -0.39 is 0 Å². The van der Waals surface area contributed by atoms with E-state index in [0.29, 0.717) is 21.5 Å². The lowest BCUT2D eigenvalue weighted by Crippen LogP contribution is -2.25. The molecule has 0 aliphatic heterocycles. The molecule has 1 aliphatic carbocycles. The monoisotopic (exact) mass is 412 g/mol. The predicted octanol–water partition coefficient (Wildman–Crippen LogP) is 4.49. The second-order valence-electron chi connectivity index (χ2n) is 6.92. The molecule has 3 rings (SSSR count). The zero-order valence-corrected chi connectivity index (χ0v) is 16.4. The molecule has 1 aliphatic rings. The van der Waals surface area contributed by atoms with Crippen molar-refractivity contribution in [2.45, 2.75) is 44.4 Å². The number of benzene rings is 1. The number of hydrogen-bond donors (Lipinski definition) is 0. The number of carbonyl (C=O) groups excluding carboxylic acids is 1. The summed E-state index contributed by atoms with van der Waals surface area (Å²) >= 11 is 3.33. The van der Waals surface area contributed by atoms with E-state index in [0.717, 1.165) is 18.4 Å². The number of pyridine rings is 1. The molecule has 1 saturated carbocycles. The first-order valence-corrected chi connectivity index (χ1v) is 9.72. The van der Waals surface area contributed by atoms with Gasteiger partial charge in [-0.2, -0.15) is 5.26 Å². The number of rotatable bonds is 4. The van der Waals surface area contributed by atoms with Gasteiger partial charge in [0.25, 0.3) is 5.56 Å². The third-order valence-corrected chi connectivity index (χ3v) is 5.57. The van der Waals surface area contributed by atoms with Crippen LogP contribution in [0.15, 0.2) is 39.7 Å². The van der Waals surface area contributed by atoms with Gasteiger partial charge in [0, 0.05) is 24.1 Å². The molecule has 0 N–H and O–H groups in total. The first-order chi connectivity index (χ1) is 12.5. The van der Waals surface area contributed by atoms with E-state index in [1.807, 2.05) is 18.2 Å². The van der Waals surface area contributed by atoms with Gasteiger partial charge in [-0.15, -0.1) is 0 Å². The fourth-order valence-corrected chi connectivity index (χ4v) is 4.33. The average molecular weight is 413 g/mol. The van der Waals surface area contributed by atoms with Gasteiger partial charge in [0.2, 0.25) is 0 Å². The maximum absolute atomic E-state index is 12.8. The number of aromatic nitrogens is 1. The van der Waals surface area contributed by atoms with Crippen molar-refractivity contribution in [3.63, 3.8) is 0 Å². The molecule has 0 amide bonds.